The number of carbonyl (C=O) groups is 1. The zero-order chi connectivity index (χ0) is 20.7. The maximum Gasteiger partial charge on any atom is 0.317 e. The number of hydrogen-bond acceptors (Lipinski definition) is 3. The lowest BCUT2D eigenvalue weighted by molar-refractivity contribution is -0.147. The van der Waals surface area contributed by atoms with Gasteiger partial charge < -0.3 is 10.1 Å². The van der Waals surface area contributed by atoms with Crippen molar-refractivity contribution in [2.24, 2.45) is 0 Å². The average molecular weight is 452 g/mol. The summed E-state index contributed by atoms with van der Waals surface area (Å²) in [6.07, 6.45) is 0.553. The number of halogens is 1. The van der Waals surface area contributed by atoms with Gasteiger partial charge in [-0.25, -0.2) is 0 Å². The minimum Gasteiger partial charge on any atom is -0.468 e. The molecular formula is C25H26BrNO2. The predicted molar refractivity (Wildman–Crippen MR) is 121 cm³/mol. The molecule has 0 saturated carbocycles. The maximum atomic E-state index is 13.2. The van der Waals surface area contributed by atoms with Crippen LogP contribution in [0.3, 0.4) is 0 Å². The molecule has 0 spiro atoms. The van der Waals surface area contributed by atoms with Crippen LogP contribution in [0.25, 0.3) is 0 Å². The topological polar surface area (TPSA) is 38.3 Å². The van der Waals surface area contributed by atoms with E-state index < -0.39 is 5.41 Å². The van der Waals surface area contributed by atoms with Gasteiger partial charge in [-0.15, -0.1) is 0 Å². The van der Waals surface area contributed by atoms with Gasteiger partial charge in [0.25, 0.3) is 0 Å². The molecule has 0 fully saturated rings. The highest BCUT2D eigenvalue weighted by molar-refractivity contribution is 9.10. The van der Waals surface area contributed by atoms with Crippen LogP contribution in [0.2, 0.25) is 0 Å². The van der Waals surface area contributed by atoms with Crippen LogP contribution in [-0.2, 0) is 27.9 Å². The normalized spacial score (nSPS) is 12.9. The summed E-state index contributed by atoms with van der Waals surface area (Å²) in [7, 11) is 1.46. The lowest BCUT2D eigenvalue weighted by Gasteiger charge is -2.32. The van der Waals surface area contributed by atoms with Gasteiger partial charge in [-0.05, 0) is 42.2 Å². The van der Waals surface area contributed by atoms with E-state index in [-0.39, 0.29) is 5.97 Å². The Hall–Kier alpha value is -2.43. The first-order valence-corrected chi connectivity index (χ1v) is 10.5. The summed E-state index contributed by atoms with van der Waals surface area (Å²) >= 11 is 3.48. The number of carbonyl (C=O) groups excluding carboxylic acids is 1. The minimum absolute atomic E-state index is 0.232. The van der Waals surface area contributed by atoms with Gasteiger partial charge in [0.2, 0.25) is 0 Å². The van der Waals surface area contributed by atoms with Gasteiger partial charge in [0.1, 0.15) is 5.41 Å². The summed E-state index contributed by atoms with van der Waals surface area (Å²) in [6, 6.07) is 26.5. The highest BCUT2D eigenvalue weighted by Gasteiger charge is 2.41. The molecule has 3 rings (SSSR count). The van der Waals surface area contributed by atoms with Gasteiger partial charge in [-0.3, -0.25) is 4.79 Å². The van der Waals surface area contributed by atoms with Crippen molar-refractivity contribution in [2.45, 2.75) is 25.3 Å². The Morgan fingerprint density at radius 1 is 0.931 bits per heavy atom. The van der Waals surface area contributed by atoms with Crippen LogP contribution in [-0.4, -0.2) is 19.6 Å². The van der Waals surface area contributed by atoms with Gasteiger partial charge in [0, 0.05) is 17.6 Å². The van der Waals surface area contributed by atoms with Crippen LogP contribution in [0.5, 0.6) is 0 Å². The first-order valence-electron chi connectivity index (χ1n) is 9.68. The van der Waals surface area contributed by atoms with E-state index in [1.165, 1.54) is 12.7 Å². The van der Waals surface area contributed by atoms with E-state index in [0.717, 1.165) is 21.2 Å². The van der Waals surface area contributed by atoms with Crippen molar-refractivity contribution in [1.82, 2.24) is 5.32 Å². The number of ether oxygens (including phenoxy) is 1. The molecule has 150 valence electrons. The van der Waals surface area contributed by atoms with E-state index in [1.54, 1.807) is 0 Å². The molecular weight excluding hydrogens is 426 g/mol. The van der Waals surface area contributed by atoms with Crippen molar-refractivity contribution in [2.75, 3.05) is 13.7 Å². The van der Waals surface area contributed by atoms with Crippen LogP contribution in [0.1, 0.15) is 22.3 Å². The standard InChI is InChI=1S/C25H26BrNO2/c1-19-8-12-22(13-9-19)25(24(28)29-2,16-20-10-14-23(26)15-11-20)18-27-17-21-6-4-3-5-7-21/h3-15,27H,16-18H2,1-2H3/t25-/m0/s1. The van der Waals surface area contributed by atoms with Crippen molar-refractivity contribution in [3.05, 3.63) is 106 Å². The zero-order valence-corrected chi connectivity index (χ0v) is 18.4. The maximum absolute atomic E-state index is 13.2. The fourth-order valence-electron chi connectivity index (χ4n) is 3.56. The summed E-state index contributed by atoms with van der Waals surface area (Å²) in [6.45, 7) is 3.21. The molecule has 3 aromatic rings. The fraction of sp³-hybridized carbons (Fsp3) is 0.240. The van der Waals surface area contributed by atoms with Gasteiger partial charge in [-0.2, -0.15) is 0 Å². The number of benzene rings is 3. The summed E-state index contributed by atoms with van der Waals surface area (Å²) in [4.78, 5) is 13.2. The van der Waals surface area contributed by atoms with Crippen LogP contribution in [0, 0.1) is 6.92 Å². The van der Waals surface area contributed by atoms with Crippen LogP contribution in [0.15, 0.2) is 83.3 Å². The van der Waals surface area contributed by atoms with Gasteiger partial charge in [0.05, 0.1) is 7.11 Å². The second kappa shape index (κ2) is 9.86. The zero-order valence-electron chi connectivity index (χ0n) is 16.8. The molecule has 4 heteroatoms. The molecule has 29 heavy (non-hydrogen) atoms. The van der Waals surface area contributed by atoms with Crippen molar-refractivity contribution < 1.29 is 9.53 Å². The summed E-state index contributed by atoms with van der Waals surface area (Å²) in [5.41, 5.74) is 3.57. The average Bonchev–Trinajstić information content (AvgIpc) is 2.75. The van der Waals surface area contributed by atoms with E-state index in [0.29, 0.717) is 19.5 Å². The SMILES string of the molecule is COC(=O)[C@](CNCc1ccccc1)(Cc1ccc(Br)cc1)c1ccc(C)cc1. The third-order valence-electron chi connectivity index (χ3n) is 5.20. The third-order valence-corrected chi connectivity index (χ3v) is 5.73. The summed E-state index contributed by atoms with van der Waals surface area (Å²) in [5, 5.41) is 3.49. The fourth-order valence-corrected chi connectivity index (χ4v) is 3.83. The molecule has 0 bridgehead atoms. The highest BCUT2D eigenvalue weighted by atomic mass is 79.9. The number of aryl methyl sites for hydroxylation is 1. The van der Waals surface area contributed by atoms with Crippen LogP contribution < -0.4 is 5.32 Å². The molecule has 0 aliphatic carbocycles. The van der Waals surface area contributed by atoms with E-state index in [9.17, 15) is 4.79 Å². The van der Waals surface area contributed by atoms with E-state index in [1.807, 2.05) is 73.7 Å². The number of esters is 1. The Morgan fingerprint density at radius 2 is 1.59 bits per heavy atom. The Bertz CT molecular complexity index is 923. The second-order valence-electron chi connectivity index (χ2n) is 7.33. The molecule has 0 heterocycles. The Morgan fingerprint density at radius 3 is 2.21 bits per heavy atom. The Labute approximate surface area is 181 Å². The predicted octanol–water partition coefficient (Wildman–Crippen LogP) is 5.20. The quantitative estimate of drug-likeness (QED) is 0.478. The highest BCUT2D eigenvalue weighted by Crippen LogP contribution is 2.31. The van der Waals surface area contributed by atoms with E-state index in [2.05, 4.69) is 33.4 Å². The summed E-state index contributed by atoms with van der Waals surface area (Å²) < 4.78 is 6.33. The molecule has 0 radical (unpaired) electrons. The second-order valence-corrected chi connectivity index (χ2v) is 8.25. The summed E-state index contributed by atoms with van der Waals surface area (Å²) in [5.74, 6) is -0.232. The molecule has 1 N–H and O–H groups in total. The molecule has 0 aliphatic rings. The van der Waals surface area contributed by atoms with Crippen LogP contribution in [0.4, 0.5) is 0 Å². The number of nitrogens with one attached hydrogen (secondary N) is 1. The monoisotopic (exact) mass is 451 g/mol. The number of hydrogen-bond donors (Lipinski definition) is 1. The van der Waals surface area contributed by atoms with E-state index >= 15 is 0 Å². The Balaban J connectivity index is 1.94. The van der Waals surface area contributed by atoms with Crippen molar-refractivity contribution in [1.29, 1.82) is 0 Å². The number of methoxy groups -OCH3 is 1. The third kappa shape index (κ3) is 5.34. The molecule has 0 unspecified atom stereocenters. The van der Waals surface area contributed by atoms with E-state index in [4.69, 9.17) is 4.74 Å². The Kier molecular flexibility index (Phi) is 7.24. The lowest BCUT2D eigenvalue weighted by atomic mass is 9.75. The van der Waals surface area contributed by atoms with Gasteiger partial charge in [0.15, 0.2) is 0 Å². The molecule has 0 amide bonds. The number of rotatable bonds is 8. The first kappa shape index (κ1) is 21.3. The smallest absolute Gasteiger partial charge is 0.317 e. The molecule has 3 nitrogen and oxygen atoms in total. The molecule has 0 aromatic heterocycles. The van der Waals surface area contributed by atoms with Crippen molar-refractivity contribution >= 4 is 21.9 Å². The first-order chi connectivity index (χ1) is 14.0. The van der Waals surface area contributed by atoms with Crippen LogP contribution >= 0.6 is 15.9 Å². The van der Waals surface area contributed by atoms with Crippen molar-refractivity contribution in [3.63, 3.8) is 0 Å². The minimum atomic E-state index is -0.814. The van der Waals surface area contributed by atoms with Gasteiger partial charge in [-0.1, -0.05) is 88.2 Å². The molecule has 0 aliphatic heterocycles. The van der Waals surface area contributed by atoms with Gasteiger partial charge >= 0.3 is 5.97 Å². The molecule has 1 atom stereocenters. The molecule has 3 aromatic carbocycles. The largest absolute Gasteiger partial charge is 0.468 e. The van der Waals surface area contributed by atoms with Crippen molar-refractivity contribution in [3.8, 4) is 0 Å². The molecule has 0 saturated heterocycles. The lowest BCUT2D eigenvalue weighted by Crippen LogP contribution is -2.47.